The summed E-state index contributed by atoms with van der Waals surface area (Å²) < 4.78 is 19.2. The standard InChI is InChI=1S/C13H16FN5O3/c1-18(4-5-20)12-3-2-9(6-11(12)14)19-8-10(7-16-17-15)22-13(19)21/h2-3,6,10,20H,4-5,7-8H2,1H3/t10-/m0/s1. The van der Waals surface area contributed by atoms with Crippen molar-refractivity contribution in [1.29, 1.82) is 0 Å². The van der Waals surface area contributed by atoms with Gasteiger partial charge < -0.3 is 14.7 Å². The second-order valence-corrected chi connectivity index (χ2v) is 4.81. The molecule has 0 unspecified atom stereocenters. The Labute approximate surface area is 126 Å². The van der Waals surface area contributed by atoms with Gasteiger partial charge in [0.1, 0.15) is 11.9 Å². The molecule has 1 aromatic carbocycles. The van der Waals surface area contributed by atoms with Gasteiger partial charge in [0.05, 0.1) is 31.1 Å². The van der Waals surface area contributed by atoms with Crippen molar-refractivity contribution in [3.63, 3.8) is 0 Å². The largest absolute Gasteiger partial charge is 0.444 e. The Morgan fingerprint density at radius 3 is 3.05 bits per heavy atom. The Hall–Kier alpha value is -2.51. The van der Waals surface area contributed by atoms with Crippen LogP contribution >= 0.6 is 0 Å². The van der Waals surface area contributed by atoms with Crippen LogP contribution in [0.3, 0.4) is 0 Å². The lowest BCUT2D eigenvalue weighted by atomic mass is 10.2. The van der Waals surface area contributed by atoms with Crippen molar-refractivity contribution in [3.8, 4) is 0 Å². The smallest absolute Gasteiger partial charge is 0.414 e. The fourth-order valence-corrected chi connectivity index (χ4v) is 2.20. The van der Waals surface area contributed by atoms with E-state index in [1.165, 1.54) is 17.0 Å². The van der Waals surface area contributed by atoms with Crippen molar-refractivity contribution in [2.75, 3.05) is 43.1 Å². The third-order valence-corrected chi connectivity index (χ3v) is 3.31. The summed E-state index contributed by atoms with van der Waals surface area (Å²) in [7, 11) is 1.66. The molecule has 0 aromatic heterocycles. The quantitative estimate of drug-likeness (QED) is 0.492. The molecule has 0 saturated carbocycles. The number of benzene rings is 1. The summed E-state index contributed by atoms with van der Waals surface area (Å²) in [6.45, 7) is 0.454. The van der Waals surface area contributed by atoms with Crippen LogP contribution in [-0.4, -0.2) is 50.6 Å². The van der Waals surface area contributed by atoms with Crippen molar-refractivity contribution < 1.29 is 19.0 Å². The van der Waals surface area contributed by atoms with Gasteiger partial charge in [0, 0.05) is 18.5 Å². The molecular weight excluding hydrogens is 293 g/mol. The number of azide groups is 1. The second kappa shape index (κ2) is 6.97. The molecule has 0 bridgehead atoms. The Morgan fingerprint density at radius 1 is 1.64 bits per heavy atom. The highest BCUT2D eigenvalue weighted by Crippen LogP contribution is 2.27. The molecule has 2 rings (SSSR count). The first-order valence-electron chi connectivity index (χ1n) is 6.67. The van der Waals surface area contributed by atoms with Crippen LogP contribution in [0.1, 0.15) is 0 Å². The molecule has 1 amide bonds. The lowest BCUT2D eigenvalue weighted by Gasteiger charge is -2.20. The summed E-state index contributed by atoms with van der Waals surface area (Å²) in [4.78, 5) is 17.3. The van der Waals surface area contributed by atoms with Gasteiger partial charge in [-0.25, -0.2) is 9.18 Å². The van der Waals surface area contributed by atoms with Gasteiger partial charge in [0.15, 0.2) is 0 Å². The predicted molar refractivity (Wildman–Crippen MR) is 78.4 cm³/mol. The van der Waals surface area contributed by atoms with Gasteiger partial charge in [-0.2, -0.15) is 0 Å². The minimum atomic E-state index is -0.603. The van der Waals surface area contributed by atoms with Gasteiger partial charge in [-0.15, -0.1) is 0 Å². The van der Waals surface area contributed by atoms with Gasteiger partial charge >= 0.3 is 6.09 Å². The molecule has 1 aliphatic heterocycles. The van der Waals surface area contributed by atoms with Crippen molar-refractivity contribution >= 4 is 17.5 Å². The molecule has 0 aliphatic carbocycles. The zero-order valence-corrected chi connectivity index (χ0v) is 12.0. The maximum Gasteiger partial charge on any atom is 0.414 e. The first-order valence-corrected chi connectivity index (χ1v) is 6.67. The van der Waals surface area contributed by atoms with E-state index in [4.69, 9.17) is 15.4 Å². The summed E-state index contributed by atoms with van der Waals surface area (Å²) in [5.41, 5.74) is 8.97. The third kappa shape index (κ3) is 3.38. The number of amides is 1. The van der Waals surface area contributed by atoms with Gasteiger partial charge in [0.2, 0.25) is 0 Å². The van der Waals surface area contributed by atoms with Crippen molar-refractivity contribution in [2.24, 2.45) is 5.11 Å². The highest BCUT2D eigenvalue weighted by Gasteiger charge is 2.32. The molecule has 1 N–H and O–H groups in total. The van der Waals surface area contributed by atoms with E-state index in [-0.39, 0.29) is 19.7 Å². The van der Waals surface area contributed by atoms with Crippen molar-refractivity contribution in [2.45, 2.75) is 6.10 Å². The summed E-state index contributed by atoms with van der Waals surface area (Å²) in [5, 5.41) is 12.2. The summed E-state index contributed by atoms with van der Waals surface area (Å²) in [5.74, 6) is -0.500. The summed E-state index contributed by atoms with van der Waals surface area (Å²) in [6, 6.07) is 4.37. The van der Waals surface area contributed by atoms with E-state index in [2.05, 4.69) is 10.0 Å². The highest BCUT2D eigenvalue weighted by molar-refractivity contribution is 5.90. The average molecular weight is 309 g/mol. The zero-order chi connectivity index (χ0) is 16.1. The highest BCUT2D eigenvalue weighted by atomic mass is 19.1. The Bertz CT molecular complexity index is 605. The van der Waals surface area contributed by atoms with Crippen LogP contribution in [0.4, 0.5) is 20.6 Å². The Balaban J connectivity index is 2.14. The number of carbonyl (C=O) groups is 1. The Kier molecular flexibility index (Phi) is 5.03. The number of nitrogens with zero attached hydrogens (tertiary/aromatic N) is 5. The number of likely N-dealkylation sites (N-methyl/N-ethyl adjacent to an activating group) is 1. The minimum absolute atomic E-state index is 0.0402. The number of halogens is 1. The molecule has 1 atom stereocenters. The van der Waals surface area contributed by atoms with Crippen LogP contribution in [0.15, 0.2) is 23.3 Å². The molecule has 9 heteroatoms. The Morgan fingerprint density at radius 2 is 2.41 bits per heavy atom. The van der Waals surface area contributed by atoms with Gasteiger partial charge in [0.25, 0.3) is 0 Å². The number of hydrogen-bond acceptors (Lipinski definition) is 5. The number of rotatable bonds is 6. The van der Waals surface area contributed by atoms with Gasteiger partial charge in [-0.3, -0.25) is 4.90 Å². The molecule has 0 spiro atoms. The van der Waals surface area contributed by atoms with Crippen LogP contribution < -0.4 is 9.80 Å². The number of aliphatic hydroxyl groups is 1. The number of cyclic esters (lactones) is 1. The number of hydrogen-bond donors (Lipinski definition) is 1. The molecule has 1 fully saturated rings. The van der Waals surface area contributed by atoms with E-state index in [1.54, 1.807) is 18.0 Å². The number of aliphatic hydroxyl groups excluding tert-OH is 1. The van der Waals surface area contributed by atoms with E-state index < -0.39 is 18.0 Å². The molecule has 1 saturated heterocycles. The molecule has 1 aliphatic rings. The number of anilines is 2. The second-order valence-electron chi connectivity index (χ2n) is 4.81. The fraction of sp³-hybridized carbons (Fsp3) is 0.462. The molecule has 22 heavy (non-hydrogen) atoms. The van der Waals surface area contributed by atoms with E-state index in [9.17, 15) is 9.18 Å². The maximum absolute atomic E-state index is 14.1. The normalized spacial score (nSPS) is 17.1. The van der Waals surface area contributed by atoms with E-state index in [1.807, 2.05) is 0 Å². The van der Waals surface area contributed by atoms with Gasteiger partial charge in [-0.1, -0.05) is 5.11 Å². The van der Waals surface area contributed by atoms with E-state index in [0.717, 1.165) is 0 Å². The topological polar surface area (TPSA) is 102 Å². The zero-order valence-electron chi connectivity index (χ0n) is 12.0. The van der Waals surface area contributed by atoms with E-state index >= 15 is 0 Å². The lowest BCUT2D eigenvalue weighted by Crippen LogP contribution is -2.26. The third-order valence-electron chi connectivity index (χ3n) is 3.31. The van der Waals surface area contributed by atoms with Crippen LogP contribution in [0, 0.1) is 5.82 Å². The van der Waals surface area contributed by atoms with Crippen molar-refractivity contribution in [1.82, 2.24) is 0 Å². The maximum atomic E-state index is 14.1. The summed E-state index contributed by atoms with van der Waals surface area (Å²) >= 11 is 0. The molecular formula is C13H16FN5O3. The first-order chi connectivity index (χ1) is 10.6. The van der Waals surface area contributed by atoms with E-state index in [0.29, 0.717) is 17.9 Å². The molecule has 1 aromatic rings. The molecule has 0 radical (unpaired) electrons. The van der Waals surface area contributed by atoms with Gasteiger partial charge in [-0.05, 0) is 23.7 Å². The predicted octanol–water partition coefficient (Wildman–Crippen LogP) is 1.89. The molecule has 8 nitrogen and oxygen atoms in total. The van der Waals surface area contributed by atoms with Crippen LogP contribution in [0.25, 0.3) is 10.4 Å². The fourth-order valence-electron chi connectivity index (χ4n) is 2.20. The average Bonchev–Trinajstić information content (AvgIpc) is 2.86. The molecule has 118 valence electrons. The first kappa shape index (κ1) is 15.9. The minimum Gasteiger partial charge on any atom is -0.444 e. The van der Waals surface area contributed by atoms with Crippen LogP contribution in [-0.2, 0) is 4.74 Å². The number of ether oxygens (including phenoxy) is 1. The van der Waals surface area contributed by atoms with Crippen LogP contribution in [0.2, 0.25) is 0 Å². The number of carbonyl (C=O) groups excluding carboxylic acids is 1. The monoisotopic (exact) mass is 309 g/mol. The van der Waals surface area contributed by atoms with Crippen molar-refractivity contribution in [3.05, 3.63) is 34.5 Å². The lowest BCUT2D eigenvalue weighted by molar-refractivity contribution is 0.145. The molecule has 1 heterocycles. The SMILES string of the molecule is CN(CCO)c1ccc(N2C[C@H](CN=[N+]=[N-])OC2=O)cc1F. The summed E-state index contributed by atoms with van der Waals surface area (Å²) in [6.07, 6.45) is -1.14. The van der Waals surface area contributed by atoms with Crippen LogP contribution in [0.5, 0.6) is 0 Å².